The average molecular weight is 292 g/mol. The van der Waals surface area contributed by atoms with Gasteiger partial charge >= 0.3 is 0 Å². The molecular weight excluding hydrogens is 268 g/mol. The fourth-order valence-electron chi connectivity index (χ4n) is 2.09. The van der Waals surface area contributed by atoms with Crippen molar-refractivity contribution in [3.8, 4) is 0 Å². The highest BCUT2D eigenvalue weighted by molar-refractivity contribution is 7.86. The maximum atomic E-state index is 11.8. The van der Waals surface area contributed by atoms with Gasteiger partial charge < -0.3 is 10.6 Å². The van der Waals surface area contributed by atoms with Crippen LogP contribution in [0, 0.1) is 5.92 Å². The Labute approximate surface area is 115 Å². The molecule has 0 unspecified atom stereocenters. The number of hydrogen-bond donors (Lipinski definition) is 3. The van der Waals surface area contributed by atoms with Gasteiger partial charge in [-0.05, 0) is 25.8 Å². The van der Waals surface area contributed by atoms with Crippen molar-refractivity contribution in [3.05, 3.63) is 0 Å². The molecule has 0 aromatic rings. The SMILES string of the molecule is CCCNCCNC(=O)C1CCN(S(N)(=O)=O)CC1. The normalized spacial score (nSPS) is 18.4. The maximum Gasteiger partial charge on any atom is 0.276 e. The van der Waals surface area contributed by atoms with E-state index in [1.807, 2.05) is 0 Å². The first-order valence-corrected chi connectivity index (χ1v) is 8.21. The van der Waals surface area contributed by atoms with Crippen LogP contribution in [0.15, 0.2) is 0 Å². The zero-order valence-corrected chi connectivity index (χ0v) is 12.2. The van der Waals surface area contributed by atoms with Crippen molar-refractivity contribution in [1.29, 1.82) is 0 Å². The second kappa shape index (κ2) is 7.78. The van der Waals surface area contributed by atoms with Crippen LogP contribution in [0.5, 0.6) is 0 Å². The number of piperidine rings is 1. The van der Waals surface area contributed by atoms with Gasteiger partial charge in [0.05, 0.1) is 0 Å². The summed E-state index contributed by atoms with van der Waals surface area (Å²) >= 11 is 0. The molecule has 0 spiro atoms. The van der Waals surface area contributed by atoms with Crippen LogP contribution in [0.4, 0.5) is 0 Å². The molecule has 0 aliphatic carbocycles. The van der Waals surface area contributed by atoms with E-state index in [9.17, 15) is 13.2 Å². The molecule has 1 aliphatic heterocycles. The van der Waals surface area contributed by atoms with Gasteiger partial charge in [-0.15, -0.1) is 0 Å². The molecule has 0 aromatic carbocycles. The van der Waals surface area contributed by atoms with Gasteiger partial charge in [0.15, 0.2) is 0 Å². The molecule has 1 aliphatic rings. The third-order valence-corrected chi connectivity index (χ3v) is 4.30. The maximum absolute atomic E-state index is 11.8. The molecule has 0 aromatic heterocycles. The smallest absolute Gasteiger partial charge is 0.276 e. The van der Waals surface area contributed by atoms with Gasteiger partial charge in [-0.25, -0.2) is 5.14 Å². The van der Waals surface area contributed by atoms with E-state index in [1.165, 1.54) is 4.31 Å². The van der Waals surface area contributed by atoms with Gasteiger partial charge in [-0.1, -0.05) is 6.92 Å². The zero-order chi connectivity index (χ0) is 14.3. The highest BCUT2D eigenvalue weighted by atomic mass is 32.2. The van der Waals surface area contributed by atoms with Gasteiger partial charge in [0.25, 0.3) is 10.2 Å². The van der Waals surface area contributed by atoms with Crippen molar-refractivity contribution in [1.82, 2.24) is 14.9 Å². The summed E-state index contributed by atoms with van der Waals surface area (Å²) in [6, 6.07) is 0. The largest absolute Gasteiger partial charge is 0.355 e. The van der Waals surface area contributed by atoms with E-state index in [2.05, 4.69) is 17.6 Å². The Morgan fingerprint density at radius 2 is 1.89 bits per heavy atom. The molecule has 0 saturated carbocycles. The lowest BCUT2D eigenvalue weighted by Gasteiger charge is -2.29. The lowest BCUT2D eigenvalue weighted by Crippen LogP contribution is -2.46. The zero-order valence-electron chi connectivity index (χ0n) is 11.4. The predicted molar refractivity (Wildman–Crippen MR) is 73.6 cm³/mol. The monoisotopic (exact) mass is 292 g/mol. The third kappa shape index (κ3) is 5.85. The van der Waals surface area contributed by atoms with Crippen LogP contribution < -0.4 is 15.8 Å². The number of carbonyl (C=O) groups is 1. The first-order valence-electron chi connectivity index (χ1n) is 6.71. The lowest BCUT2D eigenvalue weighted by atomic mass is 9.97. The molecule has 1 heterocycles. The van der Waals surface area contributed by atoms with E-state index in [0.717, 1.165) is 19.5 Å². The van der Waals surface area contributed by atoms with Crippen LogP contribution >= 0.6 is 0 Å². The van der Waals surface area contributed by atoms with Gasteiger partial charge in [-0.3, -0.25) is 4.79 Å². The van der Waals surface area contributed by atoms with Crippen LogP contribution in [0.3, 0.4) is 0 Å². The highest BCUT2D eigenvalue weighted by Crippen LogP contribution is 2.18. The molecule has 0 bridgehead atoms. The highest BCUT2D eigenvalue weighted by Gasteiger charge is 2.28. The quantitative estimate of drug-likeness (QED) is 0.524. The molecule has 1 saturated heterocycles. The van der Waals surface area contributed by atoms with E-state index < -0.39 is 10.2 Å². The summed E-state index contributed by atoms with van der Waals surface area (Å²) in [5.74, 6) is -0.100. The minimum Gasteiger partial charge on any atom is -0.355 e. The van der Waals surface area contributed by atoms with E-state index in [4.69, 9.17) is 5.14 Å². The summed E-state index contributed by atoms with van der Waals surface area (Å²) in [5.41, 5.74) is 0. The molecule has 112 valence electrons. The Morgan fingerprint density at radius 1 is 1.26 bits per heavy atom. The van der Waals surface area contributed by atoms with Crippen LogP contribution in [0.1, 0.15) is 26.2 Å². The van der Waals surface area contributed by atoms with Crippen molar-refractivity contribution in [3.63, 3.8) is 0 Å². The van der Waals surface area contributed by atoms with Crippen LogP contribution in [0.2, 0.25) is 0 Å². The minimum absolute atomic E-state index is 0.00682. The molecule has 1 rings (SSSR count). The average Bonchev–Trinajstić information content (AvgIpc) is 2.37. The van der Waals surface area contributed by atoms with E-state index in [1.54, 1.807) is 0 Å². The molecule has 19 heavy (non-hydrogen) atoms. The summed E-state index contributed by atoms with van der Waals surface area (Å²) in [7, 11) is -3.61. The number of rotatable bonds is 7. The minimum atomic E-state index is -3.61. The summed E-state index contributed by atoms with van der Waals surface area (Å²) in [5, 5.41) is 11.1. The standard InChI is InChI=1S/C11H24N4O3S/c1-2-5-13-6-7-14-11(16)10-3-8-15(9-4-10)19(12,17)18/h10,13H,2-9H2,1H3,(H,14,16)(H2,12,17,18). The summed E-state index contributed by atoms with van der Waals surface area (Å²) < 4.78 is 23.5. The fraction of sp³-hybridized carbons (Fsp3) is 0.909. The Morgan fingerprint density at radius 3 is 2.42 bits per heavy atom. The molecule has 1 fully saturated rings. The Hall–Kier alpha value is -0.700. The molecule has 1 amide bonds. The topological polar surface area (TPSA) is 105 Å². The van der Waals surface area contributed by atoms with E-state index >= 15 is 0 Å². The Balaban J connectivity index is 2.22. The van der Waals surface area contributed by atoms with Gasteiger partial charge in [0, 0.05) is 32.1 Å². The fourth-order valence-corrected chi connectivity index (χ4v) is 2.81. The third-order valence-electron chi connectivity index (χ3n) is 3.21. The first-order chi connectivity index (χ1) is 8.95. The van der Waals surface area contributed by atoms with Crippen molar-refractivity contribution < 1.29 is 13.2 Å². The first kappa shape index (κ1) is 16.4. The lowest BCUT2D eigenvalue weighted by molar-refractivity contribution is -0.126. The van der Waals surface area contributed by atoms with Crippen LogP contribution in [0.25, 0.3) is 0 Å². The van der Waals surface area contributed by atoms with Gasteiger partial charge in [0.2, 0.25) is 5.91 Å². The summed E-state index contributed by atoms with van der Waals surface area (Å²) in [6.07, 6.45) is 2.13. The van der Waals surface area contributed by atoms with Crippen molar-refractivity contribution in [2.45, 2.75) is 26.2 Å². The number of nitrogens with zero attached hydrogens (tertiary/aromatic N) is 1. The summed E-state index contributed by atoms with van der Waals surface area (Å²) in [4.78, 5) is 11.8. The number of nitrogens with one attached hydrogen (secondary N) is 2. The molecule has 0 radical (unpaired) electrons. The number of hydrogen-bond acceptors (Lipinski definition) is 4. The van der Waals surface area contributed by atoms with Crippen molar-refractivity contribution in [2.75, 3.05) is 32.7 Å². The second-order valence-electron chi connectivity index (χ2n) is 4.76. The molecule has 7 nitrogen and oxygen atoms in total. The van der Waals surface area contributed by atoms with Gasteiger partial charge in [-0.2, -0.15) is 12.7 Å². The van der Waals surface area contributed by atoms with E-state index in [0.29, 0.717) is 32.5 Å². The second-order valence-corrected chi connectivity index (χ2v) is 6.31. The summed E-state index contributed by atoms with van der Waals surface area (Å²) in [6.45, 7) is 5.05. The Kier molecular flexibility index (Phi) is 6.70. The van der Waals surface area contributed by atoms with Crippen molar-refractivity contribution in [2.24, 2.45) is 11.1 Å². The number of nitrogens with two attached hydrogens (primary N) is 1. The predicted octanol–water partition coefficient (Wildman–Crippen LogP) is -0.982. The molecular formula is C11H24N4O3S. The van der Waals surface area contributed by atoms with Crippen LogP contribution in [-0.2, 0) is 15.0 Å². The number of amides is 1. The molecule has 0 atom stereocenters. The van der Waals surface area contributed by atoms with Crippen LogP contribution in [-0.4, -0.2) is 51.4 Å². The molecule has 8 heteroatoms. The Bertz CT molecular complexity index is 377. The van der Waals surface area contributed by atoms with E-state index in [-0.39, 0.29) is 11.8 Å². The van der Waals surface area contributed by atoms with Gasteiger partial charge in [0.1, 0.15) is 0 Å². The number of carbonyl (C=O) groups excluding carboxylic acids is 1. The molecule has 4 N–H and O–H groups in total. The van der Waals surface area contributed by atoms with Crippen molar-refractivity contribution >= 4 is 16.1 Å².